The van der Waals surface area contributed by atoms with Crippen LogP contribution in [0.2, 0.25) is 0 Å². The van der Waals surface area contributed by atoms with Crippen LogP contribution in [0.4, 0.5) is 5.00 Å². The summed E-state index contributed by atoms with van der Waals surface area (Å²) in [5.74, 6) is -0.942. The molecule has 2 rings (SSSR count). The predicted molar refractivity (Wildman–Crippen MR) is 88.2 cm³/mol. The number of nitrogens with zero attached hydrogens (tertiary/aromatic N) is 1. The zero-order valence-electron chi connectivity index (χ0n) is 13.3. The minimum atomic E-state index is -3.21. The summed E-state index contributed by atoms with van der Waals surface area (Å²) in [6.07, 6.45) is 2.11. The van der Waals surface area contributed by atoms with Crippen molar-refractivity contribution in [1.82, 2.24) is 4.31 Å². The van der Waals surface area contributed by atoms with Crippen LogP contribution in [0.15, 0.2) is 6.07 Å². The first-order valence-corrected chi connectivity index (χ1v) is 9.83. The van der Waals surface area contributed by atoms with E-state index in [0.717, 1.165) is 4.88 Å². The maximum atomic E-state index is 12.4. The van der Waals surface area contributed by atoms with Gasteiger partial charge in [0.05, 0.1) is 18.9 Å². The molecule has 1 amide bonds. The number of carbonyl (C=O) groups excluding carboxylic acids is 2. The van der Waals surface area contributed by atoms with E-state index in [9.17, 15) is 18.0 Å². The van der Waals surface area contributed by atoms with Gasteiger partial charge in [-0.05, 0) is 25.8 Å². The fourth-order valence-electron chi connectivity index (χ4n) is 2.53. The van der Waals surface area contributed by atoms with Crippen LogP contribution < -0.4 is 5.32 Å². The number of hydrogen-bond donors (Lipinski definition) is 1. The summed E-state index contributed by atoms with van der Waals surface area (Å²) in [6, 6.07) is 1.68. The molecule has 0 spiro atoms. The maximum absolute atomic E-state index is 12.4. The standard InChI is InChI=1S/C14H20N2O5S2/c1-9-8-11(14(18)21-2)13(22-9)15-12(17)10-4-6-16(7-5-10)23(3,19)20/h8,10H,4-7H2,1-3H3,(H,15,17). The Labute approximate surface area is 139 Å². The van der Waals surface area contributed by atoms with Gasteiger partial charge in [-0.3, -0.25) is 4.79 Å². The van der Waals surface area contributed by atoms with Gasteiger partial charge in [0.15, 0.2) is 0 Å². The largest absolute Gasteiger partial charge is 0.465 e. The van der Waals surface area contributed by atoms with Gasteiger partial charge in [-0.2, -0.15) is 0 Å². The molecule has 0 unspecified atom stereocenters. The second kappa shape index (κ2) is 6.98. The van der Waals surface area contributed by atoms with E-state index in [1.165, 1.54) is 29.0 Å². The van der Waals surface area contributed by atoms with E-state index in [0.29, 0.717) is 36.5 Å². The summed E-state index contributed by atoms with van der Waals surface area (Å²) in [5.41, 5.74) is 0.344. The molecule has 1 fully saturated rings. The first-order valence-electron chi connectivity index (χ1n) is 7.17. The molecule has 0 saturated carbocycles. The molecule has 1 aliphatic heterocycles. The third kappa shape index (κ3) is 4.30. The number of sulfonamides is 1. The number of rotatable bonds is 4. The van der Waals surface area contributed by atoms with Crippen LogP contribution in [0, 0.1) is 12.8 Å². The lowest BCUT2D eigenvalue weighted by Gasteiger charge is -2.29. The molecule has 0 aliphatic carbocycles. The van der Waals surface area contributed by atoms with Crippen molar-refractivity contribution in [1.29, 1.82) is 0 Å². The van der Waals surface area contributed by atoms with E-state index in [4.69, 9.17) is 4.74 Å². The highest BCUT2D eigenvalue weighted by atomic mass is 32.2. The Morgan fingerprint density at radius 2 is 1.96 bits per heavy atom. The number of methoxy groups -OCH3 is 1. The minimum absolute atomic E-state index is 0.190. The average molecular weight is 360 g/mol. The zero-order chi connectivity index (χ0) is 17.2. The molecule has 7 nitrogen and oxygen atoms in total. The molecule has 1 aromatic rings. The van der Waals surface area contributed by atoms with Gasteiger partial charge >= 0.3 is 5.97 Å². The molecule has 0 radical (unpaired) electrons. The monoisotopic (exact) mass is 360 g/mol. The number of carbonyl (C=O) groups is 2. The van der Waals surface area contributed by atoms with Gasteiger partial charge in [0.25, 0.3) is 0 Å². The number of thiophene rings is 1. The van der Waals surface area contributed by atoms with Crippen LogP contribution in [0.5, 0.6) is 0 Å². The molecule has 0 atom stereocenters. The Bertz CT molecular complexity index is 703. The number of amides is 1. The van der Waals surface area contributed by atoms with Gasteiger partial charge in [0.1, 0.15) is 5.00 Å². The molecule has 128 valence electrons. The summed E-state index contributed by atoms with van der Waals surface area (Å²) >= 11 is 1.32. The summed E-state index contributed by atoms with van der Waals surface area (Å²) in [6.45, 7) is 2.52. The molecule has 0 aromatic carbocycles. The maximum Gasteiger partial charge on any atom is 0.340 e. The summed E-state index contributed by atoms with van der Waals surface area (Å²) in [5, 5.41) is 3.26. The smallest absolute Gasteiger partial charge is 0.340 e. The van der Waals surface area contributed by atoms with E-state index in [1.807, 2.05) is 6.92 Å². The normalized spacial score (nSPS) is 17.0. The highest BCUT2D eigenvalue weighted by molar-refractivity contribution is 7.88. The number of nitrogens with one attached hydrogen (secondary N) is 1. The minimum Gasteiger partial charge on any atom is -0.465 e. The molecule has 1 saturated heterocycles. The van der Waals surface area contributed by atoms with Crippen LogP contribution in [-0.2, 0) is 19.6 Å². The molecular formula is C14H20N2O5S2. The van der Waals surface area contributed by atoms with E-state index in [1.54, 1.807) is 6.07 Å². The predicted octanol–water partition coefficient (Wildman–Crippen LogP) is 1.45. The topological polar surface area (TPSA) is 92.8 Å². The fourth-order valence-corrected chi connectivity index (χ4v) is 4.31. The van der Waals surface area contributed by atoms with Crippen LogP contribution in [-0.4, -0.2) is 51.1 Å². The Morgan fingerprint density at radius 1 is 1.35 bits per heavy atom. The Hall–Kier alpha value is -1.45. The zero-order valence-corrected chi connectivity index (χ0v) is 14.9. The van der Waals surface area contributed by atoms with E-state index in [2.05, 4.69) is 5.32 Å². The SMILES string of the molecule is COC(=O)c1cc(C)sc1NC(=O)C1CCN(S(C)(=O)=O)CC1. The van der Waals surface area contributed by atoms with E-state index < -0.39 is 16.0 Å². The number of anilines is 1. The highest BCUT2D eigenvalue weighted by Crippen LogP contribution is 2.30. The lowest BCUT2D eigenvalue weighted by molar-refractivity contribution is -0.120. The molecule has 0 bridgehead atoms. The van der Waals surface area contributed by atoms with Crippen LogP contribution in [0.1, 0.15) is 28.1 Å². The van der Waals surface area contributed by atoms with Gasteiger partial charge in [-0.15, -0.1) is 11.3 Å². The van der Waals surface area contributed by atoms with Crippen molar-refractivity contribution in [2.45, 2.75) is 19.8 Å². The molecule has 1 aromatic heterocycles. The van der Waals surface area contributed by atoms with Gasteiger partial charge in [-0.25, -0.2) is 17.5 Å². The van der Waals surface area contributed by atoms with E-state index in [-0.39, 0.29) is 11.8 Å². The first-order chi connectivity index (χ1) is 10.7. The first kappa shape index (κ1) is 17.9. The van der Waals surface area contributed by atoms with Crippen molar-refractivity contribution in [3.8, 4) is 0 Å². The van der Waals surface area contributed by atoms with Crippen molar-refractivity contribution in [3.63, 3.8) is 0 Å². The van der Waals surface area contributed by atoms with Crippen molar-refractivity contribution in [2.24, 2.45) is 5.92 Å². The second-order valence-electron chi connectivity index (χ2n) is 5.52. The van der Waals surface area contributed by atoms with Crippen LogP contribution in [0.25, 0.3) is 0 Å². The summed E-state index contributed by atoms with van der Waals surface area (Å²) in [7, 11) is -1.92. The summed E-state index contributed by atoms with van der Waals surface area (Å²) in [4.78, 5) is 25.0. The quantitative estimate of drug-likeness (QED) is 0.821. The van der Waals surface area contributed by atoms with E-state index >= 15 is 0 Å². The van der Waals surface area contributed by atoms with Crippen molar-refractivity contribution < 1.29 is 22.7 Å². The Balaban J connectivity index is 2.03. The molecule has 23 heavy (non-hydrogen) atoms. The van der Waals surface area contributed by atoms with Crippen molar-refractivity contribution in [2.75, 3.05) is 31.8 Å². The van der Waals surface area contributed by atoms with Gasteiger partial charge in [0, 0.05) is 23.9 Å². The molecule has 1 N–H and O–H groups in total. The van der Waals surface area contributed by atoms with Crippen LogP contribution >= 0.6 is 11.3 Å². The highest BCUT2D eigenvalue weighted by Gasteiger charge is 2.29. The number of ether oxygens (including phenoxy) is 1. The lowest BCUT2D eigenvalue weighted by atomic mass is 9.97. The van der Waals surface area contributed by atoms with Crippen LogP contribution in [0.3, 0.4) is 0 Å². The van der Waals surface area contributed by atoms with Gasteiger partial charge < -0.3 is 10.1 Å². The third-order valence-electron chi connectivity index (χ3n) is 3.79. The van der Waals surface area contributed by atoms with Gasteiger partial charge in [-0.1, -0.05) is 0 Å². The Kier molecular flexibility index (Phi) is 5.43. The molecular weight excluding hydrogens is 340 g/mol. The average Bonchev–Trinajstić information content (AvgIpc) is 2.86. The third-order valence-corrected chi connectivity index (χ3v) is 6.06. The lowest BCUT2D eigenvalue weighted by Crippen LogP contribution is -2.40. The molecule has 9 heteroatoms. The fraction of sp³-hybridized carbons (Fsp3) is 0.571. The van der Waals surface area contributed by atoms with Crippen molar-refractivity contribution in [3.05, 3.63) is 16.5 Å². The summed E-state index contributed by atoms with van der Waals surface area (Å²) < 4.78 is 29.1. The van der Waals surface area contributed by atoms with Gasteiger partial charge in [0.2, 0.25) is 15.9 Å². The molecule has 2 heterocycles. The number of hydrogen-bond acceptors (Lipinski definition) is 6. The van der Waals surface area contributed by atoms with Crippen molar-refractivity contribution >= 4 is 38.2 Å². The number of esters is 1. The number of aryl methyl sites for hydroxylation is 1. The Morgan fingerprint density at radius 3 is 2.48 bits per heavy atom. The second-order valence-corrected chi connectivity index (χ2v) is 8.76. The molecule has 1 aliphatic rings. The number of piperidine rings is 1.